The van der Waals surface area contributed by atoms with Crippen LogP contribution in [0.1, 0.15) is 30.6 Å². The molecule has 2 heterocycles. The molecule has 7 heteroatoms. The van der Waals surface area contributed by atoms with Crippen molar-refractivity contribution in [2.45, 2.75) is 19.4 Å². The van der Waals surface area contributed by atoms with Gasteiger partial charge < -0.3 is 19.2 Å². The van der Waals surface area contributed by atoms with Crippen LogP contribution in [0.2, 0.25) is 0 Å². The summed E-state index contributed by atoms with van der Waals surface area (Å²) in [5.41, 5.74) is 1.63. The fourth-order valence-electron chi connectivity index (χ4n) is 1.97. The van der Waals surface area contributed by atoms with Crippen molar-refractivity contribution in [3.8, 4) is 11.8 Å². The normalized spacial score (nSPS) is 12.2. The Bertz CT molecular complexity index is 589. The first-order valence-electron chi connectivity index (χ1n) is 6.62. The summed E-state index contributed by atoms with van der Waals surface area (Å²) in [7, 11) is 3.11. The number of aromatic nitrogens is 2. The molecule has 0 radical (unpaired) electrons. The maximum absolute atomic E-state index is 5.35. The second-order valence-corrected chi connectivity index (χ2v) is 5.06. The lowest BCUT2D eigenvalue weighted by atomic mass is 10.1. The number of halogens is 1. The molecule has 1 atom stereocenters. The molecule has 2 aromatic heterocycles. The van der Waals surface area contributed by atoms with Crippen LogP contribution in [0.3, 0.4) is 0 Å². The Kier molecular flexibility index (Phi) is 5.58. The van der Waals surface area contributed by atoms with Gasteiger partial charge in [0, 0.05) is 5.56 Å². The second kappa shape index (κ2) is 7.42. The SMILES string of the molecule is CCCNC(c1ccoc1Br)c1ncc(OC)nc1OC. The Morgan fingerprint density at radius 3 is 2.76 bits per heavy atom. The van der Waals surface area contributed by atoms with Gasteiger partial charge in [0.25, 0.3) is 0 Å². The number of methoxy groups -OCH3 is 2. The van der Waals surface area contributed by atoms with Gasteiger partial charge in [0.15, 0.2) is 4.67 Å². The van der Waals surface area contributed by atoms with Crippen LogP contribution in [0, 0.1) is 0 Å². The van der Waals surface area contributed by atoms with Crippen molar-refractivity contribution in [2.24, 2.45) is 0 Å². The molecule has 0 saturated carbocycles. The first-order chi connectivity index (χ1) is 10.2. The summed E-state index contributed by atoms with van der Waals surface area (Å²) < 4.78 is 16.4. The summed E-state index contributed by atoms with van der Waals surface area (Å²) in [5, 5.41) is 3.43. The highest BCUT2D eigenvalue weighted by atomic mass is 79.9. The van der Waals surface area contributed by atoms with Gasteiger partial charge in [0.2, 0.25) is 11.8 Å². The fraction of sp³-hybridized carbons (Fsp3) is 0.429. The molecule has 0 fully saturated rings. The van der Waals surface area contributed by atoms with E-state index in [0.29, 0.717) is 22.1 Å². The number of ether oxygens (including phenoxy) is 2. The van der Waals surface area contributed by atoms with Crippen molar-refractivity contribution in [3.05, 3.63) is 34.5 Å². The number of nitrogens with zero attached hydrogens (tertiary/aromatic N) is 2. The van der Waals surface area contributed by atoms with Gasteiger partial charge >= 0.3 is 0 Å². The molecule has 0 spiro atoms. The summed E-state index contributed by atoms with van der Waals surface area (Å²) in [6.45, 7) is 2.94. The Labute approximate surface area is 132 Å². The zero-order valence-electron chi connectivity index (χ0n) is 12.2. The van der Waals surface area contributed by atoms with Crippen LogP contribution in [0.5, 0.6) is 11.8 Å². The maximum atomic E-state index is 5.35. The largest absolute Gasteiger partial charge is 0.480 e. The number of hydrogen-bond donors (Lipinski definition) is 1. The molecule has 21 heavy (non-hydrogen) atoms. The van der Waals surface area contributed by atoms with Gasteiger partial charge in [-0.15, -0.1) is 0 Å². The van der Waals surface area contributed by atoms with E-state index in [-0.39, 0.29) is 6.04 Å². The van der Waals surface area contributed by atoms with Crippen molar-refractivity contribution in [3.63, 3.8) is 0 Å². The number of nitrogens with one attached hydrogen (secondary N) is 1. The van der Waals surface area contributed by atoms with Crippen LogP contribution in [-0.2, 0) is 0 Å². The molecule has 0 saturated heterocycles. The predicted octanol–water partition coefficient (Wildman–Crippen LogP) is 2.94. The lowest BCUT2D eigenvalue weighted by Gasteiger charge is -2.19. The van der Waals surface area contributed by atoms with E-state index in [1.165, 1.54) is 0 Å². The molecule has 0 aromatic carbocycles. The average Bonchev–Trinajstić information content (AvgIpc) is 2.94. The number of rotatable bonds is 7. The minimum atomic E-state index is -0.175. The lowest BCUT2D eigenvalue weighted by Crippen LogP contribution is -2.25. The third kappa shape index (κ3) is 3.54. The maximum Gasteiger partial charge on any atom is 0.240 e. The van der Waals surface area contributed by atoms with Crippen molar-refractivity contribution in [1.82, 2.24) is 15.3 Å². The second-order valence-electron chi connectivity index (χ2n) is 4.34. The van der Waals surface area contributed by atoms with E-state index in [1.54, 1.807) is 26.7 Å². The lowest BCUT2D eigenvalue weighted by molar-refractivity contribution is 0.352. The van der Waals surface area contributed by atoms with E-state index < -0.39 is 0 Å². The summed E-state index contributed by atoms with van der Waals surface area (Å²) >= 11 is 3.41. The van der Waals surface area contributed by atoms with Crippen molar-refractivity contribution < 1.29 is 13.9 Å². The molecule has 2 aromatic rings. The Balaban J connectivity index is 2.43. The summed E-state index contributed by atoms with van der Waals surface area (Å²) in [4.78, 5) is 8.72. The van der Waals surface area contributed by atoms with Gasteiger partial charge in [-0.1, -0.05) is 6.92 Å². The molecule has 6 nitrogen and oxygen atoms in total. The average molecular weight is 356 g/mol. The minimum absolute atomic E-state index is 0.175. The molecule has 0 aliphatic heterocycles. The van der Waals surface area contributed by atoms with Gasteiger partial charge in [0.05, 0.1) is 32.7 Å². The highest BCUT2D eigenvalue weighted by Gasteiger charge is 2.24. The molecule has 114 valence electrons. The van der Waals surface area contributed by atoms with Gasteiger partial charge in [-0.25, -0.2) is 4.98 Å². The van der Waals surface area contributed by atoms with Gasteiger partial charge in [-0.05, 0) is 35.0 Å². The van der Waals surface area contributed by atoms with E-state index in [1.807, 2.05) is 6.07 Å². The Hall–Kier alpha value is -1.60. The van der Waals surface area contributed by atoms with Crippen LogP contribution < -0.4 is 14.8 Å². The third-order valence-electron chi connectivity index (χ3n) is 2.98. The van der Waals surface area contributed by atoms with E-state index in [4.69, 9.17) is 13.9 Å². The first-order valence-corrected chi connectivity index (χ1v) is 7.41. The van der Waals surface area contributed by atoms with Crippen molar-refractivity contribution in [2.75, 3.05) is 20.8 Å². The smallest absolute Gasteiger partial charge is 0.240 e. The standard InChI is InChI=1S/C14H18BrN3O3/c1-4-6-16-11(9-5-7-21-13(9)15)12-14(20-3)18-10(19-2)8-17-12/h5,7-8,11,16H,4,6H2,1-3H3. The summed E-state index contributed by atoms with van der Waals surface area (Å²) in [6, 6.07) is 1.72. The van der Waals surface area contributed by atoms with Crippen molar-refractivity contribution >= 4 is 15.9 Å². The van der Waals surface area contributed by atoms with Crippen LogP contribution in [-0.4, -0.2) is 30.7 Å². The molecule has 1 unspecified atom stereocenters. The van der Waals surface area contributed by atoms with Crippen LogP contribution in [0.4, 0.5) is 0 Å². The highest BCUT2D eigenvalue weighted by Crippen LogP contribution is 2.33. The van der Waals surface area contributed by atoms with E-state index >= 15 is 0 Å². The fourth-order valence-corrected chi connectivity index (χ4v) is 2.43. The van der Waals surface area contributed by atoms with Crippen LogP contribution >= 0.6 is 15.9 Å². The zero-order valence-corrected chi connectivity index (χ0v) is 13.8. The zero-order chi connectivity index (χ0) is 15.2. The molecule has 0 aliphatic carbocycles. The molecular formula is C14H18BrN3O3. The third-order valence-corrected chi connectivity index (χ3v) is 3.62. The molecule has 1 N–H and O–H groups in total. The van der Waals surface area contributed by atoms with E-state index in [9.17, 15) is 0 Å². The van der Waals surface area contributed by atoms with Crippen LogP contribution in [0.15, 0.2) is 27.6 Å². The predicted molar refractivity (Wildman–Crippen MR) is 81.7 cm³/mol. The number of furan rings is 1. The Morgan fingerprint density at radius 2 is 2.19 bits per heavy atom. The van der Waals surface area contributed by atoms with Gasteiger partial charge in [-0.2, -0.15) is 4.98 Å². The first kappa shape index (κ1) is 15.8. The molecule has 0 amide bonds. The summed E-state index contributed by atoms with van der Waals surface area (Å²) in [5.74, 6) is 0.840. The topological polar surface area (TPSA) is 69.4 Å². The number of hydrogen-bond acceptors (Lipinski definition) is 6. The molecule has 0 bridgehead atoms. The molecule has 0 aliphatic rings. The highest BCUT2D eigenvalue weighted by molar-refractivity contribution is 9.10. The monoisotopic (exact) mass is 355 g/mol. The van der Waals surface area contributed by atoms with Crippen molar-refractivity contribution in [1.29, 1.82) is 0 Å². The summed E-state index contributed by atoms with van der Waals surface area (Å²) in [6.07, 6.45) is 4.20. The molecule has 2 rings (SSSR count). The quantitative estimate of drug-likeness (QED) is 0.823. The van der Waals surface area contributed by atoms with Gasteiger partial charge in [0.1, 0.15) is 5.69 Å². The van der Waals surface area contributed by atoms with E-state index in [0.717, 1.165) is 18.5 Å². The van der Waals surface area contributed by atoms with Gasteiger partial charge in [-0.3, -0.25) is 0 Å². The Morgan fingerprint density at radius 1 is 1.38 bits per heavy atom. The van der Waals surface area contributed by atoms with Crippen LogP contribution in [0.25, 0.3) is 0 Å². The molecular weight excluding hydrogens is 338 g/mol. The van der Waals surface area contributed by atoms with E-state index in [2.05, 4.69) is 38.1 Å². The minimum Gasteiger partial charge on any atom is -0.480 e.